The van der Waals surface area contributed by atoms with Crippen LogP contribution in [-0.4, -0.2) is 15.9 Å². The van der Waals surface area contributed by atoms with Gasteiger partial charge in [0.2, 0.25) is 0 Å². The fraction of sp³-hybridized carbons (Fsp3) is 0.167. The Morgan fingerprint density at radius 2 is 2.24 bits per heavy atom. The van der Waals surface area contributed by atoms with Crippen LogP contribution in [0.1, 0.15) is 21.6 Å². The molecule has 5 nitrogen and oxygen atoms in total. The van der Waals surface area contributed by atoms with Crippen LogP contribution in [0.3, 0.4) is 0 Å². The third kappa shape index (κ3) is 2.63. The van der Waals surface area contributed by atoms with Gasteiger partial charge in [0.15, 0.2) is 5.43 Å². The van der Waals surface area contributed by atoms with E-state index in [1.54, 1.807) is 19.3 Å². The van der Waals surface area contributed by atoms with E-state index < -0.39 is 0 Å². The lowest BCUT2D eigenvalue weighted by Crippen LogP contribution is -2.28. The third-order valence-corrected chi connectivity index (χ3v) is 2.42. The number of aromatic nitrogens is 2. The molecule has 1 amide bonds. The molecule has 0 atom stereocenters. The van der Waals surface area contributed by atoms with Crippen LogP contribution in [-0.2, 0) is 6.54 Å². The molecule has 2 aromatic heterocycles. The zero-order chi connectivity index (χ0) is 12.3. The molecule has 0 saturated carbocycles. The summed E-state index contributed by atoms with van der Waals surface area (Å²) in [5.74, 6) is -0.368. The molecule has 2 aromatic rings. The number of carbonyl (C=O) groups is 1. The molecule has 0 fully saturated rings. The van der Waals surface area contributed by atoms with E-state index in [0.29, 0.717) is 6.54 Å². The Morgan fingerprint density at radius 1 is 1.41 bits per heavy atom. The van der Waals surface area contributed by atoms with Gasteiger partial charge < -0.3 is 15.3 Å². The van der Waals surface area contributed by atoms with Crippen LogP contribution in [0, 0.1) is 6.92 Å². The second kappa shape index (κ2) is 4.69. The first-order chi connectivity index (χ1) is 8.16. The first-order valence-electron chi connectivity index (χ1n) is 5.26. The molecule has 0 saturated heterocycles. The smallest absolute Gasteiger partial charge is 0.257 e. The zero-order valence-corrected chi connectivity index (χ0v) is 9.41. The number of amides is 1. The quantitative estimate of drug-likeness (QED) is 0.735. The van der Waals surface area contributed by atoms with Gasteiger partial charge in [-0.3, -0.25) is 9.59 Å². The summed E-state index contributed by atoms with van der Waals surface area (Å²) in [5, 5.41) is 2.68. The molecule has 0 spiro atoms. The van der Waals surface area contributed by atoms with Crippen LogP contribution >= 0.6 is 0 Å². The van der Waals surface area contributed by atoms with Crippen LogP contribution in [0.4, 0.5) is 0 Å². The Morgan fingerprint density at radius 3 is 2.88 bits per heavy atom. The molecule has 0 aromatic carbocycles. The normalized spacial score (nSPS) is 10.2. The van der Waals surface area contributed by atoms with Crippen molar-refractivity contribution >= 4 is 5.91 Å². The fourth-order valence-corrected chi connectivity index (χ4v) is 1.50. The van der Waals surface area contributed by atoms with Crippen LogP contribution in [0.5, 0.6) is 0 Å². The topological polar surface area (TPSA) is 77.8 Å². The van der Waals surface area contributed by atoms with E-state index in [1.807, 2.05) is 6.07 Å². The number of H-pyrrole nitrogens is 2. The number of carbonyl (C=O) groups excluding carboxylic acids is 1. The van der Waals surface area contributed by atoms with Gasteiger partial charge in [0.1, 0.15) is 5.56 Å². The van der Waals surface area contributed by atoms with Crippen molar-refractivity contribution < 1.29 is 4.79 Å². The molecule has 0 unspecified atom stereocenters. The van der Waals surface area contributed by atoms with Crippen LogP contribution in [0.15, 0.2) is 35.5 Å². The summed E-state index contributed by atoms with van der Waals surface area (Å²) in [6.45, 7) is 2.17. The highest BCUT2D eigenvalue weighted by Crippen LogP contribution is 1.97. The molecule has 0 aliphatic carbocycles. The molecule has 17 heavy (non-hydrogen) atoms. The van der Waals surface area contributed by atoms with Gasteiger partial charge in [-0.25, -0.2) is 0 Å². The molecule has 2 heterocycles. The van der Waals surface area contributed by atoms with Crippen molar-refractivity contribution in [1.82, 2.24) is 15.3 Å². The van der Waals surface area contributed by atoms with Crippen molar-refractivity contribution in [3.63, 3.8) is 0 Å². The first-order valence-corrected chi connectivity index (χ1v) is 5.26. The first kappa shape index (κ1) is 11.2. The third-order valence-electron chi connectivity index (χ3n) is 2.42. The number of hydrogen-bond acceptors (Lipinski definition) is 2. The lowest BCUT2D eigenvalue weighted by molar-refractivity contribution is 0.0949. The number of pyridine rings is 1. The molecule has 2 rings (SSSR count). The molecular weight excluding hydrogens is 218 g/mol. The largest absolute Gasteiger partial charge is 0.367 e. The highest BCUT2D eigenvalue weighted by molar-refractivity contribution is 5.93. The molecule has 0 aliphatic rings. The zero-order valence-electron chi connectivity index (χ0n) is 9.41. The summed E-state index contributed by atoms with van der Waals surface area (Å²) in [6.07, 6.45) is 5.00. The summed E-state index contributed by atoms with van der Waals surface area (Å²) in [7, 11) is 0. The average Bonchev–Trinajstić information content (AvgIpc) is 2.78. The van der Waals surface area contributed by atoms with E-state index in [1.165, 1.54) is 12.3 Å². The van der Waals surface area contributed by atoms with Crippen LogP contribution < -0.4 is 10.7 Å². The van der Waals surface area contributed by atoms with E-state index >= 15 is 0 Å². The Labute approximate surface area is 97.9 Å². The average molecular weight is 231 g/mol. The Hall–Kier alpha value is -2.30. The monoisotopic (exact) mass is 231 g/mol. The maximum atomic E-state index is 11.7. The van der Waals surface area contributed by atoms with Gasteiger partial charge in [0.05, 0.1) is 0 Å². The number of hydrogen-bond donors (Lipinski definition) is 3. The van der Waals surface area contributed by atoms with Gasteiger partial charge in [0, 0.05) is 36.9 Å². The van der Waals surface area contributed by atoms with E-state index in [4.69, 9.17) is 0 Å². The summed E-state index contributed by atoms with van der Waals surface area (Å²) >= 11 is 0. The van der Waals surface area contributed by atoms with Crippen molar-refractivity contribution in [1.29, 1.82) is 0 Å². The minimum Gasteiger partial charge on any atom is -0.367 e. The second-order valence-electron chi connectivity index (χ2n) is 3.80. The van der Waals surface area contributed by atoms with Gasteiger partial charge in [-0.05, 0) is 18.6 Å². The van der Waals surface area contributed by atoms with Gasteiger partial charge in [0.25, 0.3) is 5.91 Å². The van der Waals surface area contributed by atoms with Crippen LogP contribution in [0.2, 0.25) is 0 Å². The number of aryl methyl sites for hydroxylation is 1. The van der Waals surface area contributed by atoms with Crippen molar-refractivity contribution in [3.8, 4) is 0 Å². The standard InChI is InChI=1S/C12H13N3O2/c1-8-4-11(16)10(7-14-8)12(17)15-6-9-2-3-13-5-9/h2-5,7,13H,6H2,1H3,(H,14,16)(H,15,17). The summed E-state index contributed by atoms with van der Waals surface area (Å²) in [5.41, 5.74) is 1.55. The lowest BCUT2D eigenvalue weighted by Gasteiger charge is -2.03. The van der Waals surface area contributed by atoms with Crippen molar-refractivity contribution in [2.75, 3.05) is 0 Å². The highest BCUT2D eigenvalue weighted by Gasteiger charge is 2.09. The van der Waals surface area contributed by atoms with Crippen molar-refractivity contribution in [2.45, 2.75) is 13.5 Å². The minimum atomic E-state index is -0.368. The van der Waals surface area contributed by atoms with E-state index in [-0.39, 0.29) is 16.9 Å². The van der Waals surface area contributed by atoms with Crippen LogP contribution in [0.25, 0.3) is 0 Å². The molecule has 0 radical (unpaired) electrons. The summed E-state index contributed by atoms with van der Waals surface area (Å²) < 4.78 is 0. The Balaban J connectivity index is 2.07. The maximum absolute atomic E-state index is 11.7. The molecule has 0 bridgehead atoms. The highest BCUT2D eigenvalue weighted by atomic mass is 16.2. The maximum Gasteiger partial charge on any atom is 0.257 e. The molecule has 3 N–H and O–H groups in total. The van der Waals surface area contributed by atoms with Gasteiger partial charge in [-0.1, -0.05) is 0 Å². The van der Waals surface area contributed by atoms with Gasteiger partial charge in [-0.2, -0.15) is 0 Å². The van der Waals surface area contributed by atoms with Gasteiger partial charge in [-0.15, -0.1) is 0 Å². The number of rotatable bonds is 3. The fourth-order valence-electron chi connectivity index (χ4n) is 1.50. The Kier molecular flexibility index (Phi) is 3.09. The number of nitrogens with one attached hydrogen (secondary N) is 3. The van der Waals surface area contributed by atoms with Crippen molar-refractivity contribution in [3.05, 3.63) is 57.8 Å². The number of aromatic amines is 2. The summed E-state index contributed by atoms with van der Waals surface area (Å²) in [4.78, 5) is 29.0. The molecule has 88 valence electrons. The lowest BCUT2D eigenvalue weighted by atomic mass is 10.2. The Bertz CT molecular complexity index is 570. The SMILES string of the molecule is Cc1cc(=O)c(C(=O)NCc2cc[nH]c2)c[nH]1. The predicted molar refractivity (Wildman–Crippen MR) is 63.8 cm³/mol. The molecule has 0 aliphatic heterocycles. The second-order valence-corrected chi connectivity index (χ2v) is 3.80. The summed E-state index contributed by atoms with van der Waals surface area (Å²) in [6, 6.07) is 3.27. The van der Waals surface area contributed by atoms with Crippen molar-refractivity contribution in [2.24, 2.45) is 0 Å². The van der Waals surface area contributed by atoms with Gasteiger partial charge >= 0.3 is 0 Å². The molecular formula is C12H13N3O2. The molecule has 5 heteroatoms. The van der Waals surface area contributed by atoms with E-state index in [9.17, 15) is 9.59 Å². The predicted octanol–water partition coefficient (Wildman–Crippen LogP) is 0.941. The van der Waals surface area contributed by atoms with E-state index in [0.717, 1.165) is 11.3 Å². The van der Waals surface area contributed by atoms with E-state index in [2.05, 4.69) is 15.3 Å². The minimum absolute atomic E-state index is 0.131.